The molecule has 0 aliphatic carbocycles. The van der Waals surface area contributed by atoms with Crippen LogP contribution in [0.15, 0.2) is 53.2 Å². The first kappa shape index (κ1) is 18.0. The number of carbonyl (C=O) groups is 2. The molecule has 1 aromatic carbocycles. The Labute approximate surface area is 155 Å². The number of furan rings is 1. The number of ether oxygens (including phenoxy) is 2. The molecule has 7 nitrogen and oxygen atoms in total. The number of aryl methyl sites for hydroxylation is 1. The van der Waals surface area contributed by atoms with Gasteiger partial charge in [0.25, 0.3) is 0 Å². The van der Waals surface area contributed by atoms with Crippen LogP contribution < -0.4 is 0 Å². The van der Waals surface area contributed by atoms with Crippen LogP contribution in [0, 0.1) is 18.3 Å². The number of hydrogen-bond donors (Lipinski definition) is 0. The van der Waals surface area contributed by atoms with Gasteiger partial charge in [0.1, 0.15) is 29.6 Å². The van der Waals surface area contributed by atoms with Gasteiger partial charge in [-0.2, -0.15) is 5.26 Å². The summed E-state index contributed by atoms with van der Waals surface area (Å²) in [6.07, 6.45) is 3.44. The molecule has 2 heterocycles. The zero-order valence-corrected chi connectivity index (χ0v) is 14.8. The molecule has 0 atom stereocenters. The standard InChI is InChI=1S/C20H16N2O5/c1-13-17(16(11-21)18(27-13)22-9-3-4-10-22)20(24)26-12-14-5-7-15(8-6-14)19(23)25-2/h3-10H,12H2,1-2H3. The molecule has 0 saturated heterocycles. The molecule has 0 amide bonds. The number of hydrogen-bond acceptors (Lipinski definition) is 6. The molecule has 136 valence electrons. The highest BCUT2D eigenvalue weighted by molar-refractivity contribution is 5.94. The zero-order chi connectivity index (χ0) is 19.4. The fraction of sp³-hybridized carbons (Fsp3) is 0.150. The van der Waals surface area contributed by atoms with Gasteiger partial charge in [0.15, 0.2) is 0 Å². The summed E-state index contributed by atoms with van der Waals surface area (Å²) in [5.41, 5.74) is 1.32. The van der Waals surface area contributed by atoms with E-state index in [0.29, 0.717) is 16.9 Å². The van der Waals surface area contributed by atoms with Gasteiger partial charge in [-0.1, -0.05) is 12.1 Å². The molecule has 0 N–H and O–H groups in total. The molecule has 2 aromatic heterocycles. The highest BCUT2D eigenvalue weighted by atomic mass is 16.5. The van der Waals surface area contributed by atoms with Crippen LogP contribution in [0.3, 0.4) is 0 Å². The van der Waals surface area contributed by atoms with Gasteiger partial charge in [0.05, 0.1) is 12.7 Å². The van der Waals surface area contributed by atoms with E-state index in [1.165, 1.54) is 7.11 Å². The molecule has 27 heavy (non-hydrogen) atoms. The van der Waals surface area contributed by atoms with Crippen LogP contribution in [-0.4, -0.2) is 23.6 Å². The van der Waals surface area contributed by atoms with Crippen molar-refractivity contribution in [3.8, 4) is 12.0 Å². The predicted octanol–water partition coefficient (Wildman–Crippen LogP) is 3.39. The number of rotatable bonds is 5. The number of nitrogens with zero attached hydrogens (tertiary/aromatic N) is 2. The Hall–Kier alpha value is -3.79. The monoisotopic (exact) mass is 364 g/mol. The smallest absolute Gasteiger partial charge is 0.343 e. The predicted molar refractivity (Wildman–Crippen MR) is 94.4 cm³/mol. The van der Waals surface area contributed by atoms with E-state index in [-0.39, 0.29) is 23.6 Å². The molecule has 0 fully saturated rings. The summed E-state index contributed by atoms with van der Waals surface area (Å²) in [7, 11) is 1.31. The quantitative estimate of drug-likeness (QED) is 0.644. The minimum absolute atomic E-state index is 0.00533. The second-order valence-electron chi connectivity index (χ2n) is 5.68. The lowest BCUT2D eigenvalue weighted by molar-refractivity contribution is 0.0469. The molecule has 0 saturated carbocycles. The van der Waals surface area contributed by atoms with Gasteiger partial charge in [-0.05, 0) is 36.8 Å². The number of nitriles is 1. The lowest BCUT2D eigenvalue weighted by Crippen LogP contribution is -2.08. The lowest BCUT2D eigenvalue weighted by atomic mass is 10.1. The van der Waals surface area contributed by atoms with Crippen molar-refractivity contribution in [2.75, 3.05) is 7.11 Å². The van der Waals surface area contributed by atoms with Crippen molar-refractivity contribution in [3.05, 3.63) is 76.8 Å². The highest BCUT2D eigenvalue weighted by Gasteiger charge is 2.25. The van der Waals surface area contributed by atoms with E-state index >= 15 is 0 Å². The third-order valence-corrected chi connectivity index (χ3v) is 3.97. The minimum atomic E-state index is -0.650. The summed E-state index contributed by atoms with van der Waals surface area (Å²) >= 11 is 0. The van der Waals surface area contributed by atoms with Gasteiger partial charge in [0, 0.05) is 12.4 Å². The molecule has 0 unspecified atom stereocenters. The Morgan fingerprint density at radius 2 is 1.81 bits per heavy atom. The van der Waals surface area contributed by atoms with Crippen molar-refractivity contribution in [2.24, 2.45) is 0 Å². The topological polar surface area (TPSA) is 94.5 Å². The molecule has 0 aliphatic rings. The SMILES string of the molecule is COC(=O)c1ccc(COC(=O)c2c(C)oc(-n3cccc3)c2C#N)cc1. The van der Waals surface area contributed by atoms with Crippen LogP contribution in [-0.2, 0) is 16.1 Å². The van der Waals surface area contributed by atoms with Crippen LogP contribution in [0.25, 0.3) is 5.88 Å². The summed E-state index contributed by atoms with van der Waals surface area (Å²) in [4.78, 5) is 23.9. The van der Waals surface area contributed by atoms with Crippen molar-refractivity contribution in [3.63, 3.8) is 0 Å². The van der Waals surface area contributed by atoms with Crippen molar-refractivity contribution in [1.82, 2.24) is 4.57 Å². The Bertz CT molecular complexity index is 1010. The van der Waals surface area contributed by atoms with Crippen molar-refractivity contribution in [1.29, 1.82) is 5.26 Å². The van der Waals surface area contributed by atoms with E-state index in [1.807, 2.05) is 6.07 Å². The van der Waals surface area contributed by atoms with Crippen molar-refractivity contribution in [2.45, 2.75) is 13.5 Å². The first-order valence-corrected chi connectivity index (χ1v) is 8.06. The van der Waals surface area contributed by atoms with E-state index in [2.05, 4.69) is 4.74 Å². The molecule has 7 heteroatoms. The van der Waals surface area contributed by atoms with Crippen LogP contribution in [0.1, 0.15) is 37.6 Å². The van der Waals surface area contributed by atoms with Crippen LogP contribution >= 0.6 is 0 Å². The summed E-state index contributed by atoms with van der Waals surface area (Å²) in [6, 6.07) is 12.1. The molecule has 0 radical (unpaired) electrons. The van der Waals surface area contributed by atoms with E-state index in [1.54, 1.807) is 60.3 Å². The maximum Gasteiger partial charge on any atom is 0.343 e. The minimum Gasteiger partial charge on any atom is -0.465 e. The average Bonchev–Trinajstić information content (AvgIpc) is 3.33. The number of esters is 2. The number of carbonyl (C=O) groups excluding carboxylic acids is 2. The molecule has 3 aromatic rings. The Balaban J connectivity index is 1.77. The summed E-state index contributed by atoms with van der Waals surface area (Å²) in [5, 5.41) is 9.48. The van der Waals surface area contributed by atoms with Crippen LogP contribution in [0.5, 0.6) is 0 Å². The fourth-order valence-electron chi connectivity index (χ4n) is 2.61. The van der Waals surface area contributed by atoms with E-state index < -0.39 is 11.9 Å². The third-order valence-electron chi connectivity index (χ3n) is 3.97. The zero-order valence-electron chi connectivity index (χ0n) is 14.8. The maximum absolute atomic E-state index is 12.5. The molecule has 0 aliphatic heterocycles. The molecular formula is C20H16N2O5. The molecule has 0 bridgehead atoms. The van der Waals surface area contributed by atoms with Gasteiger partial charge in [0.2, 0.25) is 5.88 Å². The third kappa shape index (κ3) is 3.60. The Morgan fingerprint density at radius 3 is 2.41 bits per heavy atom. The molecular weight excluding hydrogens is 348 g/mol. The second kappa shape index (κ2) is 7.62. The number of methoxy groups -OCH3 is 1. The van der Waals surface area contributed by atoms with Crippen molar-refractivity contribution >= 4 is 11.9 Å². The van der Waals surface area contributed by atoms with Crippen LogP contribution in [0.2, 0.25) is 0 Å². The first-order valence-electron chi connectivity index (χ1n) is 8.06. The second-order valence-corrected chi connectivity index (χ2v) is 5.68. The number of benzene rings is 1. The van der Waals surface area contributed by atoms with E-state index in [4.69, 9.17) is 9.15 Å². The van der Waals surface area contributed by atoms with Gasteiger partial charge >= 0.3 is 11.9 Å². The van der Waals surface area contributed by atoms with Gasteiger partial charge in [-0.3, -0.25) is 4.57 Å². The van der Waals surface area contributed by atoms with Gasteiger partial charge in [-0.15, -0.1) is 0 Å². The summed E-state index contributed by atoms with van der Waals surface area (Å²) in [5.74, 6) is -0.511. The van der Waals surface area contributed by atoms with Crippen LogP contribution in [0.4, 0.5) is 0 Å². The molecule has 0 spiro atoms. The summed E-state index contributed by atoms with van der Waals surface area (Å²) in [6.45, 7) is 1.60. The van der Waals surface area contributed by atoms with Gasteiger partial charge < -0.3 is 13.9 Å². The average molecular weight is 364 g/mol. The largest absolute Gasteiger partial charge is 0.465 e. The normalized spacial score (nSPS) is 10.3. The lowest BCUT2D eigenvalue weighted by Gasteiger charge is -2.05. The van der Waals surface area contributed by atoms with E-state index in [9.17, 15) is 14.9 Å². The van der Waals surface area contributed by atoms with Crippen molar-refractivity contribution < 1.29 is 23.5 Å². The Kier molecular flexibility index (Phi) is 5.08. The van der Waals surface area contributed by atoms with E-state index in [0.717, 1.165) is 0 Å². The fourth-order valence-corrected chi connectivity index (χ4v) is 2.61. The Morgan fingerprint density at radius 1 is 1.15 bits per heavy atom. The molecule has 3 rings (SSSR count). The number of aromatic nitrogens is 1. The maximum atomic E-state index is 12.5. The summed E-state index contributed by atoms with van der Waals surface area (Å²) < 4.78 is 17.2. The first-order chi connectivity index (χ1) is 13.0. The highest BCUT2D eigenvalue weighted by Crippen LogP contribution is 2.26. The van der Waals surface area contributed by atoms with Gasteiger partial charge in [-0.25, -0.2) is 9.59 Å².